The summed E-state index contributed by atoms with van der Waals surface area (Å²) in [6, 6.07) is 3.65. The van der Waals surface area contributed by atoms with Crippen molar-refractivity contribution in [2.75, 3.05) is 37.4 Å². The predicted molar refractivity (Wildman–Crippen MR) is 115 cm³/mol. The van der Waals surface area contributed by atoms with Gasteiger partial charge in [-0.15, -0.1) is 0 Å². The van der Waals surface area contributed by atoms with Crippen molar-refractivity contribution in [3.63, 3.8) is 0 Å². The van der Waals surface area contributed by atoms with Crippen LogP contribution < -0.4 is 16.0 Å². The highest BCUT2D eigenvalue weighted by molar-refractivity contribution is 5.80. The van der Waals surface area contributed by atoms with Crippen LogP contribution in [0.2, 0.25) is 0 Å². The molecule has 7 heteroatoms. The lowest BCUT2D eigenvalue weighted by Gasteiger charge is -2.29. The second-order valence-corrected chi connectivity index (χ2v) is 5.80. The van der Waals surface area contributed by atoms with Gasteiger partial charge in [-0.2, -0.15) is 13.2 Å². The highest BCUT2D eigenvalue weighted by atomic mass is 19.4. The fraction of sp³-hybridized carbons (Fsp3) is 0.571. The molecule has 1 saturated heterocycles. The molecule has 3 N–H and O–H groups in total. The number of pyridine rings is 1. The molecule has 0 bridgehead atoms. The van der Waals surface area contributed by atoms with Crippen molar-refractivity contribution >= 4 is 17.1 Å². The molecule has 1 aromatic heterocycles. The van der Waals surface area contributed by atoms with Crippen LogP contribution in [0.4, 0.5) is 24.7 Å². The molecule has 0 aliphatic carbocycles. The lowest BCUT2D eigenvalue weighted by molar-refractivity contribution is -0.0872. The molecule has 4 nitrogen and oxygen atoms in total. The first-order valence-corrected chi connectivity index (χ1v) is 9.83. The van der Waals surface area contributed by atoms with Crippen LogP contribution in [0.3, 0.4) is 0 Å². The molecule has 0 atom stereocenters. The van der Waals surface area contributed by atoms with Crippen LogP contribution in [0.15, 0.2) is 29.9 Å². The van der Waals surface area contributed by atoms with E-state index in [1.165, 1.54) is 26.5 Å². The second-order valence-electron chi connectivity index (χ2n) is 5.80. The topological polar surface area (TPSA) is 54.2 Å². The highest BCUT2D eigenvalue weighted by Crippen LogP contribution is 2.37. The quantitative estimate of drug-likeness (QED) is 0.644. The van der Waals surface area contributed by atoms with Gasteiger partial charge in [0.05, 0.1) is 11.3 Å². The third-order valence-corrected chi connectivity index (χ3v) is 4.24. The third-order valence-electron chi connectivity index (χ3n) is 4.24. The number of nitrogens with one attached hydrogen (secondary N) is 1. The van der Waals surface area contributed by atoms with E-state index in [-0.39, 0.29) is 5.57 Å². The first-order chi connectivity index (χ1) is 13.4. The lowest BCUT2D eigenvalue weighted by atomic mass is 10.00. The smallest absolute Gasteiger partial charge is 0.373 e. The van der Waals surface area contributed by atoms with Gasteiger partial charge < -0.3 is 16.0 Å². The van der Waals surface area contributed by atoms with E-state index >= 15 is 0 Å². The Morgan fingerprint density at radius 3 is 2.07 bits per heavy atom. The van der Waals surface area contributed by atoms with Crippen molar-refractivity contribution in [3.05, 3.63) is 35.6 Å². The third kappa shape index (κ3) is 7.19. The van der Waals surface area contributed by atoms with Crippen LogP contribution in [0.1, 0.15) is 52.7 Å². The van der Waals surface area contributed by atoms with E-state index in [0.717, 1.165) is 37.7 Å². The lowest BCUT2D eigenvalue weighted by Crippen LogP contribution is -2.29. The summed E-state index contributed by atoms with van der Waals surface area (Å²) in [7, 11) is 3.22. The van der Waals surface area contributed by atoms with Crippen molar-refractivity contribution in [2.45, 2.75) is 53.1 Å². The molecule has 1 aromatic rings. The number of aromatic nitrogens is 1. The zero-order valence-electron chi connectivity index (χ0n) is 18.0. The maximum absolute atomic E-state index is 13.3. The van der Waals surface area contributed by atoms with Gasteiger partial charge in [0, 0.05) is 37.5 Å². The molecule has 0 amide bonds. The Bertz CT molecular complexity index is 631. The van der Waals surface area contributed by atoms with E-state index < -0.39 is 11.7 Å². The molecule has 1 aliphatic rings. The molecular weight excluding hydrogens is 365 g/mol. The number of nitrogens with two attached hydrogens (primary N) is 1. The number of allylic oxidation sites excluding steroid dienone is 4. The van der Waals surface area contributed by atoms with Crippen LogP contribution in [0.5, 0.6) is 0 Å². The number of hydrogen-bond acceptors (Lipinski definition) is 4. The Kier molecular flexibility index (Phi) is 12.3. The molecule has 2 heterocycles. The number of halogens is 3. The number of nitrogens with zero attached hydrogens (tertiary/aromatic N) is 2. The molecule has 28 heavy (non-hydrogen) atoms. The summed E-state index contributed by atoms with van der Waals surface area (Å²) in [4.78, 5) is 6.57. The fourth-order valence-corrected chi connectivity index (χ4v) is 3.03. The number of piperidine rings is 1. The highest BCUT2D eigenvalue weighted by Gasteiger charge is 2.36. The average molecular weight is 401 g/mol. The van der Waals surface area contributed by atoms with Gasteiger partial charge in [-0.3, -0.25) is 0 Å². The van der Waals surface area contributed by atoms with Crippen LogP contribution in [-0.2, 0) is 0 Å². The first-order valence-electron chi connectivity index (χ1n) is 9.83. The molecule has 0 spiro atoms. The van der Waals surface area contributed by atoms with Gasteiger partial charge >= 0.3 is 6.18 Å². The fourth-order valence-electron chi connectivity index (χ4n) is 3.03. The summed E-state index contributed by atoms with van der Waals surface area (Å²) in [5.41, 5.74) is 5.21. The molecule has 0 radical (unpaired) electrons. The van der Waals surface area contributed by atoms with E-state index in [4.69, 9.17) is 0 Å². The first kappa shape index (κ1) is 26.0. The van der Waals surface area contributed by atoms with Gasteiger partial charge in [0.25, 0.3) is 0 Å². The minimum atomic E-state index is -4.40. The Labute approximate surface area is 167 Å². The van der Waals surface area contributed by atoms with Crippen LogP contribution >= 0.6 is 0 Å². The largest absolute Gasteiger partial charge is 0.416 e. The summed E-state index contributed by atoms with van der Waals surface area (Å²) in [5, 5.41) is 2.96. The maximum Gasteiger partial charge on any atom is 0.416 e. The molecule has 1 fully saturated rings. The summed E-state index contributed by atoms with van der Waals surface area (Å²) in [6.45, 7) is 8.86. The van der Waals surface area contributed by atoms with E-state index in [1.807, 2.05) is 19.9 Å². The van der Waals surface area contributed by atoms with E-state index in [0.29, 0.717) is 11.5 Å². The molecule has 1 aliphatic heterocycles. The molecule has 2 rings (SSSR count). The SMILES string of the molecule is C/C=C(\C(=C/C)C(F)(F)F)c1cc(N2CCCCC2)cc(NC)n1.CC.CN. The predicted octanol–water partition coefficient (Wildman–Crippen LogP) is 5.63. The Balaban J connectivity index is 0.00000171. The van der Waals surface area contributed by atoms with E-state index in [2.05, 4.69) is 20.9 Å². The van der Waals surface area contributed by atoms with Gasteiger partial charge in [0.1, 0.15) is 5.82 Å². The van der Waals surface area contributed by atoms with Crippen molar-refractivity contribution in [3.8, 4) is 0 Å². The Hall–Kier alpha value is -2.02. The van der Waals surface area contributed by atoms with Crippen molar-refractivity contribution < 1.29 is 13.2 Å². The van der Waals surface area contributed by atoms with Gasteiger partial charge in [0.15, 0.2) is 0 Å². The summed E-state index contributed by atoms with van der Waals surface area (Å²) >= 11 is 0. The zero-order chi connectivity index (χ0) is 21.7. The maximum atomic E-state index is 13.3. The molecule has 0 aromatic carbocycles. The molecular formula is C21H35F3N4. The van der Waals surface area contributed by atoms with Crippen molar-refractivity contribution in [1.82, 2.24) is 4.98 Å². The van der Waals surface area contributed by atoms with Crippen LogP contribution in [0.25, 0.3) is 5.57 Å². The van der Waals surface area contributed by atoms with Gasteiger partial charge in [-0.25, -0.2) is 4.98 Å². The Morgan fingerprint density at radius 2 is 1.64 bits per heavy atom. The van der Waals surface area contributed by atoms with Crippen LogP contribution in [0, 0.1) is 0 Å². The number of hydrogen-bond donors (Lipinski definition) is 2. The molecule has 0 unspecified atom stereocenters. The standard InChI is InChI=1S/C18H24F3N3.C2H6.CH5N/c1-4-14(15(5-2)18(19,20)21)16-11-13(12-17(22-3)23-16)24-9-7-6-8-10-24;2*1-2/h4-5,11-12H,6-10H2,1-3H3,(H,22,23);1-2H3;2H2,1H3/b14-4+,15-5+;;. The van der Waals surface area contributed by atoms with Crippen LogP contribution in [-0.4, -0.2) is 38.3 Å². The zero-order valence-corrected chi connectivity index (χ0v) is 18.0. The second kappa shape index (κ2) is 13.2. The average Bonchev–Trinajstić information content (AvgIpc) is 2.74. The number of alkyl halides is 3. The van der Waals surface area contributed by atoms with Gasteiger partial charge in [-0.1, -0.05) is 26.0 Å². The Morgan fingerprint density at radius 1 is 1.07 bits per heavy atom. The van der Waals surface area contributed by atoms with Gasteiger partial charge in [0.2, 0.25) is 0 Å². The van der Waals surface area contributed by atoms with Crippen molar-refractivity contribution in [2.24, 2.45) is 5.73 Å². The van der Waals surface area contributed by atoms with E-state index in [9.17, 15) is 13.2 Å². The minimum absolute atomic E-state index is 0.111. The summed E-state index contributed by atoms with van der Waals surface area (Å²) in [6.07, 6.45) is 1.58. The number of anilines is 2. The molecule has 0 saturated carbocycles. The van der Waals surface area contributed by atoms with Crippen molar-refractivity contribution in [1.29, 1.82) is 0 Å². The molecule has 160 valence electrons. The minimum Gasteiger partial charge on any atom is -0.373 e. The van der Waals surface area contributed by atoms with E-state index in [1.54, 1.807) is 20.0 Å². The van der Waals surface area contributed by atoms with Gasteiger partial charge in [-0.05, 0) is 46.2 Å². The monoisotopic (exact) mass is 400 g/mol. The summed E-state index contributed by atoms with van der Waals surface area (Å²) < 4.78 is 40.0. The summed E-state index contributed by atoms with van der Waals surface area (Å²) in [5.74, 6) is 0.574. The number of rotatable bonds is 4. The normalized spacial score (nSPS) is 15.1.